The normalized spacial score (nSPS) is 12.5. The number of hydrogen-bond donors (Lipinski definition) is 3. The highest BCUT2D eigenvalue weighted by atomic mass is 32.2. The predicted octanol–water partition coefficient (Wildman–Crippen LogP) is 2.42. The number of hydrogen-bond acceptors (Lipinski definition) is 6. The number of benzene rings is 2. The number of halogens is 1. The molecule has 0 unspecified atom stereocenters. The minimum Gasteiger partial charge on any atom is -0.382 e. The van der Waals surface area contributed by atoms with Crippen molar-refractivity contribution in [1.29, 1.82) is 0 Å². The molecule has 2 aromatic carbocycles. The molecular weight excluding hydrogens is 421 g/mol. The molecular formula is C21H18FN5O3S. The van der Waals surface area contributed by atoms with Gasteiger partial charge in [-0.25, -0.2) is 9.37 Å². The number of nitrogens with one attached hydrogen (secondary N) is 2. The van der Waals surface area contributed by atoms with Gasteiger partial charge < -0.3 is 16.0 Å². The molecule has 2 amide bonds. The van der Waals surface area contributed by atoms with E-state index in [-0.39, 0.29) is 33.9 Å². The van der Waals surface area contributed by atoms with Crippen molar-refractivity contribution in [2.24, 2.45) is 0 Å². The lowest BCUT2D eigenvalue weighted by Gasteiger charge is -2.17. The third kappa shape index (κ3) is 4.29. The van der Waals surface area contributed by atoms with Gasteiger partial charge in [0.2, 0.25) is 5.91 Å². The van der Waals surface area contributed by atoms with Crippen LogP contribution in [-0.4, -0.2) is 34.1 Å². The fourth-order valence-electron chi connectivity index (χ4n) is 3.29. The molecule has 31 heavy (non-hydrogen) atoms. The molecule has 0 fully saturated rings. The Morgan fingerprint density at radius 2 is 1.94 bits per heavy atom. The van der Waals surface area contributed by atoms with E-state index < -0.39 is 17.3 Å². The fourth-order valence-corrected chi connectivity index (χ4v) is 4.03. The molecule has 0 aliphatic carbocycles. The maximum absolute atomic E-state index is 13.8. The van der Waals surface area contributed by atoms with E-state index in [9.17, 15) is 18.8 Å². The molecule has 0 bridgehead atoms. The highest BCUT2D eigenvalue weighted by molar-refractivity contribution is 7.99. The van der Waals surface area contributed by atoms with Crippen molar-refractivity contribution in [3.8, 4) is 0 Å². The maximum atomic E-state index is 13.8. The topological polar surface area (TPSA) is 121 Å². The number of carbonyl (C=O) groups is 2. The molecule has 158 valence electrons. The van der Waals surface area contributed by atoms with Gasteiger partial charge in [-0.1, -0.05) is 42.1 Å². The number of amides is 2. The summed E-state index contributed by atoms with van der Waals surface area (Å²) in [6.45, 7) is 0.603. The molecule has 0 saturated heterocycles. The second-order valence-electron chi connectivity index (χ2n) is 6.78. The van der Waals surface area contributed by atoms with E-state index in [1.807, 2.05) is 24.3 Å². The highest BCUT2D eigenvalue weighted by Gasteiger charge is 2.24. The average Bonchev–Trinajstić information content (AvgIpc) is 3.19. The van der Waals surface area contributed by atoms with Gasteiger partial charge in [0, 0.05) is 12.2 Å². The van der Waals surface area contributed by atoms with Crippen molar-refractivity contribution in [3.63, 3.8) is 0 Å². The van der Waals surface area contributed by atoms with Crippen LogP contribution in [0.2, 0.25) is 0 Å². The number of fused-ring (bicyclic) bond motifs is 1. The number of nitrogens with two attached hydrogens (primary N) is 1. The minimum atomic E-state index is -0.819. The number of nitrogen functional groups attached to an aromatic ring is 1. The highest BCUT2D eigenvalue weighted by Crippen LogP contribution is 2.28. The number of thioether (sulfide) groups is 1. The molecule has 3 aromatic rings. The van der Waals surface area contributed by atoms with Gasteiger partial charge in [0.25, 0.3) is 11.5 Å². The van der Waals surface area contributed by atoms with Gasteiger partial charge in [-0.3, -0.25) is 19.4 Å². The number of H-pyrrole nitrogens is 1. The van der Waals surface area contributed by atoms with Gasteiger partial charge in [-0.2, -0.15) is 0 Å². The summed E-state index contributed by atoms with van der Waals surface area (Å²) in [5, 5.41) is 2.43. The number of carbonyl (C=O) groups excluding carboxylic acids is 2. The van der Waals surface area contributed by atoms with Crippen molar-refractivity contribution >= 4 is 40.8 Å². The summed E-state index contributed by atoms with van der Waals surface area (Å²) < 4.78 is 13.8. The van der Waals surface area contributed by atoms with Crippen LogP contribution in [0.15, 0.2) is 58.5 Å². The summed E-state index contributed by atoms with van der Waals surface area (Å²) in [4.78, 5) is 45.5. The average molecular weight is 439 g/mol. The van der Waals surface area contributed by atoms with Crippen LogP contribution in [0.4, 0.5) is 21.6 Å². The Morgan fingerprint density at radius 3 is 2.71 bits per heavy atom. The molecule has 1 aliphatic rings. The number of rotatable bonds is 5. The third-order valence-electron chi connectivity index (χ3n) is 4.80. The van der Waals surface area contributed by atoms with Crippen LogP contribution in [0, 0.1) is 5.82 Å². The van der Waals surface area contributed by atoms with E-state index in [1.165, 1.54) is 18.2 Å². The van der Waals surface area contributed by atoms with E-state index in [2.05, 4.69) is 15.3 Å². The van der Waals surface area contributed by atoms with Crippen LogP contribution in [0.25, 0.3) is 0 Å². The van der Waals surface area contributed by atoms with Gasteiger partial charge in [0.05, 0.1) is 11.3 Å². The van der Waals surface area contributed by atoms with Gasteiger partial charge in [0.1, 0.15) is 11.5 Å². The molecule has 1 aromatic heterocycles. The lowest BCUT2D eigenvalue weighted by molar-refractivity contribution is -0.116. The van der Waals surface area contributed by atoms with Gasteiger partial charge >= 0.3 is 0 Å². The molecule has 2 heterocycles. The Kier molecular flexibility index (Phi) is 5.72. The summed E-state index contributed by atoms with van der Waals surface area (Å²) in [7, 11) is 0. The van der Waals surface area contributed by atoms with Crippen LogP contribution >= 0.6 is 11.8 Å². The lowest BCUT2D eigenvalue weighted by Crippen LogP contribution is -2.30. The molecule has 4 N–H and O–H groups in total. The molecule has 10 heteroatoms. The molecule has 0 saturated carbocycles. The van der Waals surface area contributed by atoms with Crippen LogP contribution in [-0.2, 0) is 11.2 Å². The van der Waals surface area contributed by atoms with Crippen molar-refractivity contribution < 1.29 is 14.0 Å². The molecule has 8 nitrogen and oxygen atoms in total. The van der Waals surface area contributed by atoms with Crippen molar-refractivity contribution in [1.82, 2.24) is 9.97 Å². The molecule has 0 atom stereocenters. The summed E-state index contributed by atoms with van der Waals surface area (Å²) in [5.41, 5.74) is 6.63. The summed E-state index contributed by atoms with van der Waals surface area (Å²) >= 11 is 1.03. The van der Waals surface area contributed by atoms with Gasteiger partial charge in [-0.05, 0) is 30.2 Å². The first-order valence-electron chi connectivity index (χ1n) is 9.41. The molecule has 4 rings (SSSR count). The molecule has 0 spiro atoms. The van der Waals surface area contributed by atoms with E-state index in [0.717, 1.165) is 35.5 Å². The zero-order valence-electron chi connectivity index (χ0n) is 16.2. The smallest absolute Gasteiger partial charge is 0.277 e. The van der Waals surface area contributed by atoms with Crippen molar-refractivity contribution in [2.75, 3.05) is 28.2 Å². The van der Waals surface area contributed by atoms with Crippen LogP contribution in [0.5, 0.6) is 0 Å². The van der Waals surface area contributed by atoms with E-state index in [0.29, 0.717) is 6.54 Å². The monoisotopic (exact) mass is 439 g/mol. The van der Waals surface area contributed by atoms with Crippen LogP contribution in [0.1, 0.15) is 15.9 Å². The predicted molar refractivity (Wildman–Crippen MR) is 117 cm³/mol. The summed E-state index contributed by atoms with van der Waals surface area (Å²) in [6, 6.07) is 13.1. The summed E-state index contributed by atoms with van der Waals surface area (Å²) in [5.74, 6) is -1.84. The Hall–Kier alpha value is -3.66. The van der Waals surface area contributed by atoms with Crippen molar-refractivity contribution in [3.05, 3.63) is 75.8 Å². The van der Waals surface area contributed by atoms with E-state index in [1.54, 1.807) is 4.90 Å². The first-order valence-corrected chi connectivity index (χ1v) is 10.4. The Bertz CT molecular complexity index is 1230. The summed E-state index contributed by atoms with van der Waals surface area (Å²) in [6.07, 6.45) is 0.797. The first kappa shape index (κ1) is 20.6. The van der Waals surface area contributed by atoms with E-state index in [4.69, 9.17) is 5.73 Å². The maximum Gasteiger partial charge on any atom is 0.277 e. The number of para-hydroxylation sites is 1. The van der Waals surface area contributed by atoms with Gasteiger partial charge in [-0.15, -0.1) is 0 Å². The zero-order chi connectivity index (χ0) is 22.0. The van der Waals surface area contributed by atoms with Crippen LogP contribution in [0.3, 0.4) is 0 Å². The van der Waals surface area contributed by atoms with Gasteiger partial charge in [0.15, 0.2) is 11.0 Å². The lowest BCUT2D eigenvalue weighted by atomic mass is 10.2. The van der Waals surface area contributed by atoms with Crippen LogP contribution < -0.4 is 21.5 Å². The zero-order valence-corrected chi connectivity index (χ0v) is 17.0. The molecule has 0 radical (unpaired) electrons. The van der Waals surface area contributed by atoms with Crippen molar-refractivity contribution in [2.45, 2.75) is 11.6 Å². The standard InChI is InChI=1S/C21H18FN5O3S/c22-14-7-3-2-6-13(14)19(29)24-17-18(23)25-21(26-20(17)30)31-11-16(28)27-10-9-12-5-1-4-8-15(12)27/h1-8H,9-11H2,(H,24,29)(H3,23,25,26,30). The third-order valence-corrected chi connectivity index (χ3v) is 5.66. The minimum absolute atomic E-state index is 0.0532. The number of anilines is 3. The number of nitrogens with zero attached hydrogens (tertiary/aromatic N) is 2. The second kappa shape index (κ2) is 8.60. The SMILES string of the molecule is Nc1nc(SCC(=O)N2CCc3ccccc32)[nH]c(=O)c1NC(=O)c1ccccc1F. The number of aromatic nitrogens is 2. The number of aromatic amines is 1. The first-order chi connectivity index (χ1) is 14.9. The Morgan fingerprint density at radius 1 is 1.19 bits per heavy atom. The second-order valence-corrected chi connectivity index (χ2v) is 7.74. The quantitative estimate of drug-likeness (QED) is 0.415. The Labute approximate surface area is 180 Å². The Balaban J connectivity index is 1.44. The fraction of sp³-hybridized carbons (Fsp3) is 0.143. The van der Waals surface area contributed by atoms with E-state index >= 15 is 0 Å². The molecule has 1 aliphatic heterocycles. The largest absolute Gasteiger partial charge is 0.382 e.